The number of rotatable bonds is 5. The molecule has 0 fully saturated rings. The lowest BCUT2D eigenvalue weighted by Crippen LogP contribution is -2.34. The lowest BCUT2D eigenvalue weighted by Gasteiger charge is -2.26. The first-order valence-electron chi connectivity index (χ1n) is 7.65. The zero-order chi connectivity index (χ0) is 18.8. The Morgan fingerprint density at radius 1 is 1.08 bits per heavy atom. The van der Waals surface area contributed by atoms with E-state index in [1.165, 1.54) is 6.07 Å². The number of fused-ring (bicyclic) bond motifs is 1. The quantitative estimate of drug-likeness (QED) is 0.735. The fourth-order valence-corrected chi connectivity index (χ4v) is 3.42. The van der Waals surface area contributed by atoms with Crippen molar-refractivity contribution in [2.24, 2.45) is 0 Å². The highest BCUT2D eigenvalue weighted by atomic mass is 32.2. The topological polar surface area (TPSA) is 61.8 Å². The van der Waals surface area contributed by atoms with Crippen molar-refractivity contribution in [1.29, 1.82) is 0 Å². The fourth-order valence-electron chi connectivity index (χ4n) is 2.37. The van der Waals surface area contributed by atoms with Gasteiger partial charge in [-0.3, -0.25) is 4.18 Å². The molecule has 0 aromatic heterocycles. The molecule has 9 heteroatoms. The molecule has 0 bridgehead atoms. The van der Waals surface area contributed by atoms with E-state index in [1.54, 1.807) is 30.3 Å². The second kappa shape index (κ2) is 7.16. The molecule has 0 aliphatic carbocycles. The van der Waals surface area contributed by atoms with E-state index in [4.69, 9.17) is 13.7 Å². The molecule has 1 atom stereocenters. The van der Waals surface area contributed by atoms with E-state index >= 15 is 0 Å². The largest absolute Gasteiger partial charge is 0.486 e. The predicted octanol–water partition coefficient (Wildman–Crippen LogP) is 3.39. The molecule has 0 amide bonds. The Morgan fingerprint density at radius 2 is 1.81 bits per heavy atom. The first-order chi connectivity index (χ1) is 12.2. The van der Waals surface area contributed by atoms with E-state index in [2.05, 4.69) is 0 Å². The average molecular weight is 388 g/mol. The van der Waals surface area contributed by atoms with Gasteiger partial charge < -0.3 is 9.47 Å². The van der Waals surface area contributed by atoms with E-state index in [0.29, 0.717) is 5.56 Å². The maximum absolute atomic E-state index is 12.8. The molecule has 3 rings (SSSR count). The number of alkyl halides is 3. The van der Waals surface area contributed by atoms with Crippen LogP contribution in [-0.2, 0) is 26.2 Å². The van der Waals surface area contributed by atoms with Crippen LogP contribution in [0.3, 0.4) is 0 Å². The molecule has 2 aromatic rings. The zero-order valence-electron chi connectivity index (χ0n) is 13.4. The Morgan fingerprint density at radius 3 is 2.50 bits per heavy atom. The SMILES string of the molecule is O=S(=O)(Cc1ccccc1)OC[C@H]1COc2ccc(C(F)(F)F)cc2O1. The summed E-state index contributed by atoms with van der Waals surface area (Å²) in [6.45, 7) is -0.385. The van der Waals surface area contributed by atoms with Gasteiger partial charge in [-0.15, -0.1) is 0 Å². The van der Waals surface area contributed by atoms with Crippen molar-refractivity contribution < 1.29 is 35.2 Å². The lowest BCUT2D eigenvalue weighted by atomic mass is 10.2. The lowest BCUT2D eigenvalue weighted by molar-refractivity contribution is -0.137. The first-order valence-corrected chi connectivity index (χ1v) is 9.22. The molecule has 5 nitrogen and oxygen atoms in total. The molecule has 0 spiro atoms. The number of hydrogen-bond acceptors (Lipinski definition) is 5. The van der Waals surface area contributed by atoms with Crippen molar-refractivity contribution in [3.63, 3.8) is 0 Å². The summed E-state index contributed by atoms with van der Waals surface area (Å²) < 4.78 is 78.0. The van der Waals surface area contributed by atoms with Gasteiger partial charge in [0.25, 0.3) is 10.1 Å². The number of ether oxygens (including phenoxy) is 2. The summed E-state index contributed by atoms with van der Waals surface area (Å²) >= 11 is 0. The van der Waals surface area contributed by atoms with E-state index < -0.39 is 28.0 Å². The Balaban J connectivity index is 1.62. The monoisotopic (exact) mass is 388 g/mol. The van der Waals surface area contributed by atoms with Gasteiger partial charge in [-0.25, -0.2) is 0 Å². The maximum atomic E-state index is 12.8. The third-order valence-electron chi connectivity index (χ3n) is 3.61. The van der Waals surface area contributed by atoms with Gasteiger partial charge in [-0.05, 0) is 23.8 Å². The van der Waals surface area contributed by atoms with Gasteiger partial charge in [0, 0.05) is 0 Å². The van der Waals surface area contributed by atoms with Gasteiger partial charge >= 0.3 is 6.18 Å². The van der Waals surface area contributed by atoms with Crippen LogP contribution in [0.15, 0.2) is 48.5 Å². The summed E-state index contributed by atoms with van der Waals surface area (Å²) in [6.07, 6.45) is -5.35. The maximum Gasteiger partial charge on any atom is 0.416 e. The molecular weight excluding hydrogens is 373 g/mol. The second-order valence-electron chi connectivity index (χ2n) is 5.68. The summed E-state index contributed by atoms with van der Waals surface area (Å²) in [5.74, 6) is -0.238. The highest BCUT2D eigenvalue weighted by Gasteiger charge is 2.33. The zero-order valence-corrected chi connectivity index (χ0v) is 14.2. The van der Waals surface area contributed by atoms with Crippen molar-refractivity contribution in [3.05, 3.63) is 59.7 Å². The van der Waals surface area contributed by atoms with Crippen LogP contribution in [0.4, 0.5) is 13.2 Å². The van der Waals surface area contributed by atoms with Gasteiger partial charge in [0.05, 0.1) is 5.56 Å². The van der Waals surface area contributed by atoms with Crippen LogP contribution >= 0.6 is 0 Å². The Kier molecular flexibility index (Phi) is 5.10. The molecule has 0 saturated heterocycles. The third-order valence-corrected chi connectivity index (χ3v) is 4.79. The molecule has 1 aliphatic rings. The Bertz CT molecular complexity index is 866. The van der Waals surface area contributed by atoms with Gasteiger partial charge in [0.15, 0.2) is 17.6 Å². The third kappa shape index (κ3) is 4.67. The molecule has 1 heterocycles. The van der Waals surface area contributed by atoms with Crippen molar-refractivity contribution in [3.8, 4) is 11.5 Å². The van der Waals surface area contributed by atoms with Crippen LogP contribution in [0.2, 0.25) is 0 Å². The van der Waals surface area contributed by atoms with Crippen molar-refractivity contribution in [2.45, 2.75) is 18.0 Å². The minimum absolute atomic E-state index is 0.0286. The predicted molar refractivity (Wildman–Crippen MR) is 86.4 cm³/mol. The van der Waals surface area contributed by atoms with Gasteiger partial charge in [0.2, 0.25) is 0 Å². The van der Waals surface area contributed by atoms with E-state index in [-0.39, 0.29) is 30.5 Å². The summed E-state index contributed by atoms with van der Waals surface area (Å²) in [5.41, 5.74) is -0.313. The van der Waals surface area contributed by atoms with Crippen LogP contribution < -0.4 is 9.47 Å². The molecular formula is C17H15F3O5S. The standard InChI is InChI=1S/C17H15F3O5S/c18-17(19,20)13-6-7-15-16(8-13)25-14(9-23-15)10-24-26(21,22)11-12-4-2-1-3-5-12/h1-8,14H,9-11H2/t14-/m1/s1. The first kappa shape index (κ1) is 18.5. The Labute approximate surface area is 148 Å². The average Bonchev–Trinajstić information content (AvgIpc) is 2.59. The number of benzene rings is 2. The van der Waals surface area contributed by atoms with Crippen LogP contribution in [0.5, 0.6) is 11.5 Å². The molecule has 0 saturated carbocycles. The molecule has 26 heavy (non-hydrogen) atoms. The second-order valence-corrected chi connectivity index (χ2v) is 7.32. The summed E-state index contributed by atoms with van der Waals surface area (Å²) in [7, 11) is -3.86. The number of halogens is 3. The smallest absolute Gasteiger partial charge is 0.416 e. The van der Waals surface area contributed by atoms with E-state index in [0.717, 1.165) is 12.1 Å². The van der Waals surface area contributed by atoms with Crippen LogP contribution in [0, 0.1) is 0 Å². The highest BCUT2D eigenvalue weighted by Crippen LogP contribution is 2.38. The fraction of sp³-hybridized carbons (Fsp3) is 0.294. The van der Waals surface area contributed by atoms with E-state index in [9.17, 15) is 21.6 Å². The molecule has 0 N–H and O–H groups in total. The number of hydrogen-bond donors (Lipinski definition) is 0. The molecule has 0 radical (unpaired) electrons. The van der Waals surface area contributed by atoms with Crippen LogP contribution in [-0.4, -0.2) is 27.7 Å². The molecule has 2 aromatic carbocycles. The van der Waals surface area contributed by atoms with Crippen molar-refractivity contribution in [1.82, 2.24) is 0 Å². The molecule has 1 aliphatic heterocycles. The Hall–Kier alpha value is -2.26. The van der Waals surface area contributed by atoms with Gasteiger partial charge in [-0.2, -0.15) is 21.6 Å². The molecule has 0 unspecified atom stereocenters. The molecule has 140 valence electrons. The van der Waals surface area contributed by atoms with Crippen LogP contribution in [0.1, 0.15) is 11.1 Å². The summed E-state index contributed by atoms with van der Waals surface area (Å²) in [6, 6.07) is 11.4. The minimum Gasteiger partial charge on any atom is -0.486 e. The van der Waals surface area contributed by atoms with Crippen molar-refractivity contribution in [2.75, 3.05) is 13.2 Å². The normalized spacial score (nSPS) is 17.1. The van der Waals surface area contributed by atoms with E-state index in [1.807, 2.05) is 0 Å². The highest BCUT2D eigenvalue weighted by molar-refractivity contribution is 7.85. The van der Waals surface area contributed by atoms with Crippen LogP contribution in [0.25, 0.3) is 0 Å². The minimum atomic E-state index is -4.51. The summed E-state index contributed by atoms with van der Waals surface area (Å²) in [4.78, 5) is 0. The summed E-state index contributed by atoms with van der Waals surface area (Å²) in [5, 5.41) is 0. The van der Waals surface area contributed by atoms with Gasteiger partial charge in [-0.1, -0.05) is 30.3 Å². The van der Waals surface area contributed by atoms with Gasteiger partial charge in [0.1, 0.15) is 19.0 Å². The van der Waals surface area contributed by atoms with Crippen molar-refractivity contribution >= 4 is 10.1 Å².